The van der Waals surface area contributed by atoms with Crippen LogP contribution in [0.1, 0.15) is 18.5 Å². The quantitative estimate of drug-likeness (QED) is 0.651. The van der Waals surface area contributed by atoms with E-state index in [2.05, 4.69) is 21.2 Å². The number of rotatable bonds is 4. The molecule has 2 rings (SSSR count). The van der Waals surface area contributed by atoms with Crippen molar-refractivity contribution in [3.63, 3.8) is 0 Å². The van der Waals surface area contributed by atoms with E-state index in [9.17, 15) is 14.5 Å². The normalized spacial score (nSPS) is 11.9. The molecule has 0 bridgehead atoms. The summed E-state index contributed by atoms with van der Waals surface area (Å²) in [6.07, 6.45) is 0. The zero-order valence-corrected chi connectivity index (χ0v) is 12.2. The van der Waals surface area contributed by atoms with Crippen LogP contribution in [-0.2, 0) is 0 Å². The summed E-state index contributed by atoms with van der Waals surface area (Å²) in [7, 11) is 0. The molecule has 104 valence electrons. The molecular formula is C14H12BrFN2O2. The van der Waals surface area contributed by atoms with Gasteiger partial charge in [-0.3, -0.25) is 10.1 Å². The highest BCUT2D eigenvalue weighted by Crippen LogP contribution is 2.27. The lowest BCUT2D eigenvalue weighted by Crippen LogP contribution is -2.07. The lowest BCUT2D eigenvalue weighted by atomic mass is 10.1. The Hall–Kier alpha value is -1.95. The molecule has 1 unspecified atom stereocenters. The minimum atomic E-state index is -0.432. The van der Waals surface area contributed by atoms with Crippen molar-refractivity contribution in [1.29, 1.82) is 0 Å². The number of anilines is 1. The molecule has 0 heterocycles. The molecule has 1 atom stereocenters. The van der Waals surface area contributed by atoms with Crippen LogP contribution in [0.5, 0.6) is 0 Å². The van der Waals surface area contributed by atoms with Crippen LogP contribution in [0.25, 0.3) is 0 Å². The van der Waals surface area contributed by atoms with Crippen molar-refractivity contribution in [3.05, 3.63) is 68.4 Å². The Balaban J connectivity index is 2.15. The molecule has 0 radical (unpaired) electrons. The van der Waals surface area contributed by atoms with Gasteiger partial charge in [-0.2, -0.15) is 0 Å². The molecular weight excluding hydrogens is 327 g/mol. The van der Waals surface area contributed by atoms with E-state index < -0.39 is 4.92 Å². The van der Waals surface area contributed by atoms with Crippen LogP contribution in [-0.4, -0.2) is 4.92 Å². The molecule has 0 amide bonds. The first-order valence-electron chi connectivity index (χ1n) is 5.93. The van der Waals surface area contributed by atoms with Crippen molar-refractivity contribution in [2.45, 2.75) is 13.0 Å². The van der Waals surface area contributed by atoms with Gasteiger partial charge in [-0.1, -0.05) is 12.1 Å². The first-order chi connectivity index (χ1) is 9.47. The van der Waals surface area contributed by atoms with E-state index in [1.165, 1.54) is 24.3 Å². The van der Waals surface area contributed by atoms with Crippen LogP contribution in [0.15, 0.2) is 46.9 Å². The Morgan fingerprint density at radius 2 is 1.90 bits per heavy atom. The maximum Gasteiger partial charge on any atom is 0.269 e. The summed E-state index contributed by atoms with van der Waals surface area (Å²) >= 11 is 3.29. The standard InChI is InChI=1S/C14H12BrFN2O2/c1-9(10-2-5-12(6-3-10)18(19)20)17-14-7-4-11(16)8-13(14)15/h2-9,17H,1H3. The van der Waals surface area contributed by atoms with Crippen LogP contribution >= 0.6 is 15.9 Å². The molecule has 0 aliphatic rings. The van der Waals surface area contributed by atoms with Crippen LogP contribution in [0.2, 0.25) is 0 Å². The molecule has 0 aliphatic carbocycles. The molecule has 0 spiro atoms. The predicted octanol–water partition coefficient (Wildman–Crippen LogP) is 4.67. The van der Waals surface area contributed by atoms with E-state index in [0.29, 0.717) is 4.47 Å². The van der Waals surface area contributed by atoms with E-state index in [4.69, 9.17) is 0 Å². The highest BCUT2D eigenvalue weighted by atomic mass is 79.9. The van der Waals surface area contributed by atoms with Gasteiger partial charge in [-0.15, -0.1) is 0 Å². The van der Waals surface area contributed by atoms with Crippen molar-refractivity contribution in [2.24, 2.45) is 0 Å². The number of non-ortho nitro benzene ring substituents is 1. The molecule has 0 aliphatic heterocycles. The van der Waals surface area contributed by atoms with Crippen molar-refractivity contribution < 1.29 is 9.31 Å². The summed E-state index contributed by atoms with van der Waals surface area (Å²) in [4.78, 5) is 10.2. The number of nitro groups is 1. The van der Waals surface area contributed by atoms with Gasteiger partial charge < -0.3 is 5.32 Å². The summed E-state index contributed by atoms with van der Waals surface area (Å²) < 4.78 is 13.6. The van der Waals surface area contributed by atoms with Gasteiger partial charge in [0.25, 0.3) is 5.69 Å². The van der Waals surface area contributed by atoms with Crippen molar-refractivity contribution >= 4 is 27.3 Å². The third-order valence-electron chi connectivity index (χ3n) is 2.91. The maximum atomic E-state index is 13.0. The monoisotopic (exact) mass is 338 g/mol. The van der Waals surface area contributed by atoms with Gasteiger partial charge in [0.05, 0.1) is 4.92 Å². The average molecular weight is 339 g/mol. The van der Waals surface area contributed by atoms with E-state index in [-0.39, 0.29) is 17.5 Å². The van der Waals surface area contributed by atoms with Gasteiger partial charge in [0.2, 0.25) is 0 Å². The number of hydrogen-bond donors (Lipinski definition) is 1. The Morgan fingerprint density at radius 1 is 1.25 bits per heavy atom. The lowest BCUT2D eigenvalue weighted by Gasteiger charge is -2.16. The number of nitrogens with one attached hydrogen (secondary N) is 1. The smallest absolute Gasteiger partial charge is 0.269 e. The molecule has 6 heteroatoms. The van der Waals surface area contributed by atoms with Gasteiger partial charge in [-0.05, 0) is 46.6 Å². The number of nitro benzene ring substituents is 1. The van der Waals surface area contributed by atoms with Crippen LogP contribution in [0, 0.1) is 15.9 Å². The fourth-order valence-electron chi connectivity index (χ4n) is 1.81. The van der Waals surface area contributed by atoms with Crippen molar-refractivity contribution in [3.8, 4) is 0 Å². The van der Waals surface area contributed by atoms with Gasteiger partial charge >= 0.3 is 0 Å². The zero-order chi connectivity index (χ0) is 14.7. The minimum absolute atomic E-state index is 0.0578. The summed E-state index contributed by atoms with van der Waals surface area (Å²) in [5, 5.41) is 13.8. The fourth-order valence-corrected chi connectivity index (χ4v) is 2.27. The number of halogens is 2. The number of hydrogen-bond acceptors (Lipinski definition) is 3. The molecule has 1 N–H and O–H groups in total. The summed E-state index contributed by atoms with van der Waals surface area (Å²) in [6.45, 7) is 1.93. The van der Waals surface area contributed by atoms with Gasteiger partial charge in [0, 0.05) is 28.3 Å². The fraction of sp³-hybridized carbons (Fsp3) is 0.143. The topological polar surface area (TPSA) is 55.2 Å². The molecule has 0 aromatic heterocycles. The second kappa shape index (κ2) is 6.00. The molecule has 0 fully saturated rings. The van der Waals surface area contributed by atoms with Crippen molar-refractivity contribution in [2.75, 3.05) is 5.32 Å². The Morgan fingerprint density at radius 3 is 2.45 bits per heavy atom. The van der Waals surface area contributed by atoms with E-state index >= 15 is 0 Å². The number of benzene rings is 2. The molecule has 4 nitrogen and oxygen atoms in total. The van der Waals surface area contributed by atoms with E-state index in [1.807, 2.05) is 6.92 Å². The molecule has 0 saturated heterocycles. The SMILES string of the molecule is CC(Nc1ccc(F)cc1Br)c1ccc([N+](=O)[O-])cc1. The second-order valence-electron chi connectivity index (χ2n) is 4.34. The Bertz CT molecular complexity index is 632. The third kappa shape index (κ3) is 3.33. The second-order valence-corrected chi connectivity index (χ2v) is 5.19. The molecule has 0 saturated carbocycles. The molecule has 2 aromatic carbocycles. The van der Waals surface area contributed by atoms with Gasteiger partial charge in [0.15, 0.2) is 0 Å². The molecule has 2 aromatic rings. The van der Waals surface area contributed by atoms with Crippen LogP contribution in [0.4, 0.5) is 15.8 Å². The first-order valence-corrected chi connectivity index (χ1v) is 6.72. The average Bonchev–Trinajstić information content (AvgIpc) is 2.42. The van der Waals surface area contributed by atoms with Crippen LogP contribution < -0.4 is 5.32 Å². The zero-order valence-electron chi connectivity index (χ0n) is 10.6. The summed E-state index contributed by atoms with van der Waals surface area (Å²) in [5.74, 6) is -0.314. The highest BCUT2D eigenvalue weighted by Gasteiger charge is 2.10. The van der Waals surface area contributed by atoms with Gasteiger partial charge in [-0.25, -0.2) is 4.39 Å². The predicted molar refractivity (Wildman–Crippen MR) is 79.2 cm³/mol. The largest absolute Gasteiger partial charge is 0.378 e. The molecule has 20 heavy (non-hydrogen) atoms. The highest BCUT2D eigenvalue weighted by molar-refractivity contribution is 9.10. The van der Waals surface area contributed by atoms with E-state index in [0.717, 1.165) is 11.3 Å². The third-order valence-corrected chi connectivity index (χ3v) is 3.56. The number of nitrogens with zero attached hydrogens (tertiary/aromatic N) is 1. The lowest BCUT2D eigenvalue weighted by molar-refractivity contribution is -0.384. The van der Waals surface area contributed by atoms with Gasteiger partial charge in [0.1, 0.15) is 5.82 Å². The minimum Gasteiger partial charge on any atom is -0.378 e. The Labute approximate surface area is 123 Å². The van der Waals surface area contributed by atoms with Crippen molar-refractivity contribution in [1.82, 2.24) is 0 Å². The maximum absolute atomic E-state index is 13.0. The van der Waals surface area contributed by atoms with E-state index in [1.54, 1.807) is 18.2 Å². The summed E-state index contributed by atoms with van der Waals surface area (Å²) in [5.41, 5.74) is 1.73. The Kier molecular flexibility index (Phi) is 4.34. The summed E-state index contributed by atoms with van der Waals surface area (Å²) in [6, 6.07) is 10.7. The van der Waals surface area contributed by atoms with Crippen LogP contribution in [0.3, 0.4) is 0 Å². The first kappa shape index (κ1) is 14.5.